The van der Waals surface area contributed by atoms with Crippen LogP contribution in [0, 0.1) is 10.1 Å². The van der Waals surface area contributed by atoms with Crippen molar-refractivity contribution in [3.63, 3.8) is 0 Å². The molecule has 7 heteroatoms. The summed E-state index contributed by atoms with van der Waals surface area (Å²) < 4.78 is 0.825. The van der Waals surface area contributed by atoms with E-state index in [1.807, 2.05) is 36.2 Å². The number of carbonyl (C=O) groups excluding carboxylic acids is 1. The number of nitro groups is 1. The SMILES string of the molecule is CN(CC(=O)Nc1ccccc1Br)Cc1ccc([N+](=O)[O-])cc1. The lowest BCUT2D eigenvalue weighted by Gasteiger charge is -2.16. The molecule has 0 aromatic heterocycles. The maximum atomic E-state index is 12.0. The zero-order chi connectivity index (χ0) is 16.8. The van der Waals surface area contributed by atoms with Crippen molar-refractivity contribution in [3.8, 4) is 0 Å². The average Bonchev–Trinajstić information content (AvgIpc) is 2.50. The number of hydrogen-bond donors (Lipinski definition) is 1. The molecule has 1 N–H and O–H groups in total. The fourth-order valence-electron chi connectivity index (χ4n) is 2.09. The van der Waals surface area contributed by atoms with E-state index in [1.54, 1.807) is 12.1 Å². The summed E-state index contributed by atoms with van der Waals surface area (Å²) in [6, 6.07) is 13.7. The van der Waals surface area contributed by atoms with Crippen molar-refractivity contribution in [3.05, 3.63) is 68.7 Å². The first kappa shape index (κ1) is 17.1. The normalized spacial score (nSPS) is 10.6. The Morgan fingerprint density at radius 3 is 2.48 bits per heavy atom. The Labute approximate surface area is 142 Å². The predicted octanol–water partition coefficient (Wildman–Crippen LogP) is 3.43. The number of rotatable bonds is 6. The molecule has 0 fully saturated rings. The Balaban J connectivity index is 1.89. The molecule has 0 saturated heterocycles. The number of benzene rings is 2. The lowest BCUT2D eigenvalue weighted by molar-refractivity contribution is -0.384. The van der Waals surface area contributed by atoms with Gasteiger partial charge in [-0.1, -0.05) is 24.3 Å². The molecule has 6 nitrogen and oxygen atoms in total. The highest BCUT2D eigenvalue weighted by atomic mass is 79.9. The molecule has 0 aliphatic heterocycles. The van der Waals surface area contributed by atoms with Crippen molar-refractivity contribution < 1.29 is 9.72 Å². The molecule has 0 spiro atoms. The summed E-state index contributed by atoms with van der Waals surface area (Å²) in [4.78, 5) is 24.1. The van der Waals surface area contributed by atoms with E-state index in [4.69, 9.17) is 0 Å². The fraction of sp³-hybridized carbons (Fsp3) is 0.188. The van der Waals surface area contributed by atoms with E-state index >= 15 is 0 Å². The molecule has 0 bridgehead atoms. The maximum Gasteiger partial charge on any atom is 0.269 e. The molecule has 0 aliphatic rings. The highest BCUT2D eigenvalue weighted by Crippen LogP contribution is 2.21. The third kappa shape index (κ3) is 5.15. The minimum absolute atomic E-state index is 0.0584. The first-order valence-corrected chi connectivity index (χ1v) is 7.71. The number of nitro benzene ring substituents is 1. The van der Waals surface area contributed by atoms with Crippen LogP contribution in [0.15, 0.2) is 53.0 Å². The van der Waals surface area contributed by atoms with Crippen molar-refractivity contribution >= 4 is 33.2 Å². The van der Waals surface area contributed by atoms with Crippen molar-refractivity contribution in [1.29, 1.82) is 0 Å². The van der Waals surface area contributed by atoms with Crippen molar-refractivity contribution in [1.82, 2.24) is 4.90 Å². The van der Waals surface area contributed by atoms with Crippen LogP contribution in [0.5, 0.6) is 0 Å². The van der Waals surface area contributed by atoms with Gasteiger partial charge in [0, 0.05) is 23.2 Å². The van der Waals surface area contributed by atoms with Gasteiger partial charge in [-0.2, -0.15) is 0 Å². The van der Waals surface area contributed by atoms with E-state index in [0.717, 1.165) is 15.7 Å². The molecular formula is C16H16BrN3O3. The van der Waals surface area contributed by atoms with Crippen LogP contribution in [-0.2, 0) is 11.3 Å². The molecule has 0 atom stereocenters. The molecule has 2 aromatic rings. The zero-order valence-electron chi connectivity index (χ0n) is 12.5. The van der Waals surface area contributed by atoms with Gasteiger partial charge in [-0.05, 0) is 40.7 Å². The second-order valence-corrected chi connectivity index (χ2v) is 5.98. The van der Waals surface area contributed by atoms with Crippen molar-refractivity contribution in [2.24, 2.45) is 0 Å². The number of anilines is 1. The van der Waals surface area contributed by atoms with Crippen LogP contribution in [0.3, 0.4) is 0 Å². The summed E-state index contributed by atoms with van der Waals surface area (Å²) >= 11 is 3.38. The lowest BCUT2D eigenvalue weighted by Crippen LogP contribution is -2.29. The van der Waals surface area contributed by atoms with Gasteiger partial charge in [0.25, 0.3) is 5.69 Å². The number of para-hydroxylation sites is 1. The fourth-order valence-corrected chi connectivity index (χ4v) is 2.47. The van der Waals surface area contributed by atoms with Gasteiger partial charge >= 0.3 is 0 Å². The van der Waals surface area contributed by atoms with Crippen molar-refractivity contribution in [2.45, 2.75) is 6.54 Å². The molecule has 1 amide bonds. The van der Waals surface area contributed by atoms with Crippen LogP contribution in [0.25, 0.3) is 0 Å². The number of amides is 1. The van der Waals surface area contributed by atoms with Gasteiger partial charge in [0.05, 0.1) is 17.2 Å². The van der Waals surface area contributed by atoms with E-state index in [9.17, 15) is 14.9 Å². The number of likely N-dealkylation sites (N-methyl/N-ethyl adjacent to an activating group) is 1. The first-order chi connectivity index (χ1) is 11.0. The molecule has 0 heterocycles. The van der Waals surface area contributed by atoms with Gasteiger partial charge in [0.15, 0.2) is 0 Å². The number of halogens is 1. The Kier molecular flexibility index (Phi) is 5.84. The predicted molar refractivity (Wildman–Crippen MR) is 92.2 cm³/mol. The van der Waals surface area contributed by atoms with E-state index in [1.165, 1.54) is 12.1 Å². The Hall–Kier alpha value is -2.25. The average molecular weight is 378 g/mol. The number of non-ortho nitro benzene ring substituents is 1. The highest BCUT2D eigenvalue weighted by Gasteiger charge is 2.10. The van der Waals surface area contributed by atoms with Crippen LogP contribution in [-0.4, -0.2) is 29.3 Å². The molecule has 2 rings (SSSR count). The van der Waals surface area contributed by atoms with Crippen LogP contribution >= 0.6 is 15.9 Å². The van der Waals surface area contributed by atoms with E-state index < -0.39 is 4.92 Å². The molecular weight excluding hydrogens is 362 g/mol. The van der Waals surface area contributed by atoms with Gasteiger partial charge in [0.1, 0.15) is 0 Å². The molecule has 23 heavy (non-hydrogen) atoms. The Bertz CT molecular complexity index is 704. The first-order valence-electron chi connectivity index (χ1n) is 6.92. The van der Waals surface area contributed by atoms with Gasteiger partial charge < -0.3 is 5.32 Å². The summed E-state index contributed by atoms with van der Waals surface area (Å²) in [5.41, 5.74) is 1.69. The zero-order valence-corrected chi connectivity index (χ0v) is 14.1. The van der Waals surface area contributed by atoms with E-state index in [0.29, 0.717) is 6.54 Å². The topological polar surface area (TPSA) is 75.5 Å². The molecule has 0 radical (unpaired) electrons. The molecule has 0 unspecified atom stereocenters. The van der Waals surface area contributed by atoms with Crippen LogP contribution in [0.4, 0.5) is 11.4 Å². The molecule has 120 valence electrons. The van der Waals surface area contributed by atoms with Crippen molar-refractivity contribution in [2.75, 3.05) is 18.9 Å². The summed E-state index contributed by atoms with van der Waals surface area (Å²) in [7, 11) is 1.82. The number of nitrogens with one attached hydrogen (secondary N) is 1. The van der Waals surface area contributed by atoms with Gasteiger partial charge in [-0.3, -0.25) is 19.8 Å². The number of carbonyl (C=O) groups is 1. The van der Waals surface area contributed by atoms with Crippen LogP contribution in [0.2, 0.25) is 0 Å². The third-order valence-electron chi connectivity index (χ3n) is 3.16. The number of nitrogens with zero attached hydrogens (tertiary/aromatic N) is 2. The highest BCUT2D eigenvalue weighted by molar-refractivity contribution is 9.10. The van der Waals surface area contributed by atoms with Gasteiger partial charge in [0.2, 0.25) is 5.91 Å². The van der Waals surface area contributed by atoms with Crippen LogP contribution in [0.1, 0.15) is 5.56 Å². The lowest BCUT2D eigenvalue weighted by atomic mass is 10.2. The smallest absolute Gasteiger partial charge is 0.269 e. The Morgan fingerprint density at radius 1 is 1.22 bits per heavy atom. The second kappa shape index (κ2) is 7.85. The number of hydrogen-bond acceptors (Lipinski definition) is 4. The molecule has 0 saturated carbocycles. The molecule has 0 aliphatic carbocycles. The monoisotopic (exact) mass is 377 g/mol. The second-order valence-electron chi connectivity index (χ2n) is 5.12. The van der Waals surface area contributed by atoms with Gasteiger partial charge in [-0.15, -0.1) is 0 Å². The van der Waals surface area contributed by atoms with E-state index in [-0.39, 0.29) is 18.1 Å². The van der Waals surface area contributed by atoms with Gasteiger partial charge in [-0.25, -0.2) is 0 Å². The Morgan fingerprint density at radius 2 is 1.87 bits per heavy atom. The van der Waals surface area contributed by atoms with Crippen LogP contribution < -0.4 is 5.32 Å². The largest absolute Gasteiger partial charge is 0.324 e. The van der Waals surface area contributed by atoms with E-state index in [2.05, 4.69) is 21.2 Å². The standard InChI is InChI=1S/C16H16BrN3O3/c1-19(10-12-6-8-13(9-7-12)20(22)23)11-16(21)18-15-5-3-2-4-14(15)17/h2-9H,10-11H2,1H3,(H,18,21). The minimum Gasteiger partial charge on any atom is -0.324 e. The molecule has 2 aromatic carbocycles. The summed E-state index contributed by atoms with van der Waals surface area (Å²) in [5, 5.41) is 13.5. The quantitative estimate of drug-likeness (QED) is 0.617. The summed E-state index contributed by atoms with van der Waals surface area (Å²) in [6.45, 7) is 0.750. The third-order valence-corrected chi connectivity index (χ3v) is 3.85. The summed E-state index contributed by atoms with van der Waals surface area (Å²) in [6.07, 6.45) is 0. The summed E-state index contributed by atoms with van der Waals surface area (Å²) in [5.74, 6) is -0.124. The minimum atomic E-state index is -0.432. The maximum absolute atomic E-state index is 12.0.